The van der Waals surface area contributed by atoms with E-state index in [0.717, 1.165) is 21.8 Å². The Balaban J connectivity index is 1.70. The first-order chi connectivity index (χ1) is 16.9. The number of rotatable bonds is 5. The normalized spacial score (nSPS) is 15.8. The van der Waals surface area contributed by atoms with Gasteiger partial charge in [-0.1, -0.05) is 18.2 Å². The van der Waals surface area contributed by atoms with E-state index in [1.165, 1.54) is 11.3 Å². The number of carbonyl (C=O) groups is 1. The zero-order valence-electron chi connectivity index (χ0n) is 21.7. The lowest BCUT2D eigenvalue weighted by atomic mass is 9.81. The molecule has 0 fully saturated rings. The molecule has 8 nitrogen and oxygen atoms in total. The molecule has 3 heterocycles. The highest BCUT2D eigenvalue weighted by atomic mass is 32.1. The third-order valence-electron chi connectivity index (χ3n) is 6.34. The average molecular weight is 528 g/mol. The summed E-state index contributed by atoms with van der Waals surface area (Å²) in [5.74, 6) is -0.379. The van der Waals surface area contributed by atoms with Crippen molar-refractivity contribution in [2.75, 3.05) is 17.2 Å². The molecule has 1 aliphatic heterocycles. The first kappa shape index (κ1) is 26.1. The van der Waals surface area contributed by atoms with Gasteiger partial charge in [0.05, 0.1) is 23.6 Å². The molecule has 2 aromatic heterocycles. The summed E-state index contributed by atoms with van der Waals surface area (Å²) in [5, 5.41) is 10.8. The van der Waals surface area contributed by atoms with Crippen molar-refractivity contribution in [2.24, 2.45) is 7.05 Å². The third kappa shape index (κ3) is 4.72. The number of anilines is 2. The average Bonchev–Trinajstić information content (AvgIpc) is 3.23. The largest absolute Gasteiger partial charge is 0.462 e. The summed E-state index contributed by atoms with van der Waals surface area (Å²) in [6, 6.07) is 9.43. The summed E-state index contributed by atoms with van der Waals surface area (Å²) in [6.07, 6.45) is 0.678. The molecular formula is C26H33N5O3S2. The number of benzene rings is 1. The number of aromatic nitrogens is 2. The molecule has 10 heteroatoms. The lowest BCUT2D eigenvalue weighted by molar-refractivity contribution is 0.0525. The molecule has 192 valence electrons. The number of esters is 1. The molecule has 0 radical (unpaired) electrons. The van der Waals surface area contributed by atoms with E-state index >= 15 is 0 Å². The fourth-order valence-corrected chi connectivity index (χ4v) is 6.53. The van der Waals surface area contributed by atoms with Gasteiger partial charge in [0.2, 0.25) is 0 Å². The number of nitrogens with one attached hydrogen (secondary N) is 3. The van der Waals surface area contributed by atoms with Crippen LogP contribution in [0.25, 0.3) is 5.69 Å². The van der Waals surface area contributed by atoms with Crippen molar-refractivity contribution in [3.8, 4) is 5.69 Å². The van der Waals surface area contributed by atoms with Crippen LogP contribution in [0.15, 0.2) is 35.1 Å². The monoisotopic (exact) mass is 527 g/mol. The van der Waals surface area contributed by atoms with Crippen LogP contribution in [0.1, 0.15) is 61.1 Å². The van der Waals surface area contributed by atoms with Gasteiger partial charge in [-0.2, -0.15) is 0 Å². The molecule has 0 bridgehead atoms. The zero-order chi connectivity index (χ0) is 26.4. The van der Waals surface area contributed by atoms with E-state index in [-0.39, 0.29) is 34.3 Å². The van der Waals surface area contributed by atoms with E-state index in [9.17, 15) is 9.59 Å². The SMILES string of the molecule is CCOC(=O)c1c(NC(=S)Nc2c(C)n(C)n(-c3ccccc3)c2=O)sc2c1CC(C)(C)NC2(C)C. The molecule has 1 aromatic carbocycles. The van der Waals surface area contributed by atoms with Gasteiger partial charge in [0, 0.05) is 23.0 Å². The van der Waals surface area contributed by atoms with Gasteiger partial charge in [0.25, 0.3) is 5.56 Å². The fourth-order valence-electron chi connectivity index (χ4n) is 4.99. The molecule has 3 aromatic rings. The highest BCUT2D eigenvalue weighted by Crippen LogP contribution is 2.45. The predicted octanol–water partition coefficient (Wildman–Crippen LogP) is 4.69. The smallest absolute Gasteiger partial charge is 0.341 e. The summed E-state index contributed by atoms with van der Waals surface area (Å²) in [4.78, 5) is 27.4. The standard InChI is InChI=1S/C26H33N5O3S2/c1-8-34-23(33)18-17-14-25(3,4)29-26(5,6)20(17)36-21(18)28-24(35)27-19-15(2)30(7)31(22(19)32)16-12-10-9-11-13-16/h9-13,29H,8,14H2,1-7H3,(H2,27,28,35). The van der Waals surface area contributed by atoms with E-state index < -0.39 is 0 Å². The van der Waals surface area contributed by atoms with Crippen LogP contribution in [0.5, 0.6) is 0 Å². The topological polar surface area (TPSA) is 89.3 Å². The number of hydrogen-bond donors (Lipinski definition) is 3. The van der Waals surface area contributed by atoms with E-state index in [1.807, 2.05) is 44.3 Å². The Morgan fingerprint density at radius 2 is 1.86 bits per heavy atom. The second-order valence-electron chi connectivity index (χ2n) is 10.2. The van der Waals surface area contributed by atoms with Crippen molar-refractivity contribution in [1.29, 1.82) is 0 Å². The highest BCUT2D eigenvalue weighted by Gasteiger charge is 2.42. The maximum Gasteiger partial charge on any atom is 0.341 e. The minimum absolute atomic E-state index is 0.196. The fraction of sp³-hybridized carbons (Fsp3) is 0.423. The Morgan fingerprint density at radius 1 is 1.19 bits per heavy atom. The van der Waals surface area contributed by atoms with E-state index in [1.54, 1.807) is 16.3 Å². The molecular weight excluding hydrogens is 494 g/mol. The lowest BCUT2D eigenvalue weighted by Gasteiger charge is -2.42. The Hall–Kier alpha value is -2.95. The number of carbonyl (C=O) groups excluding carboxylic acids is 1. The van der Waals surface area contributed by atoms with Crippen molar-refractivity contribution >= 4 is 45.3 Å². The quantitative estimate of drug-likeness (QED) is 0.328. The maximum absolute atomic E-state index is 13.3. The van der Waals surface area contributed by atoms with E-state index in [4.69, 9.17) is 17.0 Å². The van der Waals surface area contributed by atoms with Crippen molar-refractivity contribution in [3.05, 3.63) is 62.4 Å². The predicted molar refractivity (Wildman–Crippen MR) is 150 cm³/mol. The molecule has 3 N–H and O–H groups in total. The summed E-state index contributed by atoms with van der Waals surface area (Å²) in [6.45, 7) is 12.4. The van der Waals surface area contributed by atoms with Crippen LogP contribution in [-0.4, -0.2) is 32.6 Å². The number of para-hydroxylation sites is 1. The molecule has 1 aliphatic rings. The van der Waals surface area contributed by atoms with Crippen molar-refractivity contribution in [3.63, 3.8) is 0 Å². The van der Waals surface area contributed by atoms with Crippen LogP contribution in [0.4, 0.5) is 10.7 Å². The molecule has 4 rings (SSSR count). The molecule has 0 saturated heterocycles. The molecule has 0 saturated carbocycles. The highest BCUT2D eigenvalue weighted by molar-refractivity contribution is 7.80. The van der Waals surface area contributed by atoms with Crippen molar-refractivity contribution in [1.82, 2.24) is 14.7 Å². The summed E-state index contributed by atoms with van der Waals surface area (Å²) < 4.78 is 8.79. The van der Waals surface area contributed by atoms with Crippen molar-refractivity contribution < 1.29 is 9.53 Å². The van der Waals surface area contributed by atoms with Gasteiger partial charge in [-0.15, -0.1) is 11.3 Å². The molecule has 0 amide bonds. The van der Waals surface area contributed by atoms with E-state index in [2.05, 4.69) is 43.6 Å². The Labute approximate surface area is 220 Å². The molecule has 0 spiro atoms. The van der Waals surface area contributed by atoms with Gasteiger partial charge < -0.3 is 20.7 Å². The Kier molecular flexibility index (Phi) is 6.89. The zero-order valence-corrected chi connectivity index (χ0v) is 23.4. The van der Waals surface area contributed by atoms with Gasteiger partial charge >= 0.3 is 5.97 Å². The number of ether oxygens (including phenoxy) is 1. The van der Waals surface area contributed by atoms with Crippen LogP contribution in [-0.2, 0) is 23.7 Å². The van der Waals surface area contributed by atoms with Crippen molar-refractivity contribution in [2.45, 2.75) is 59.0 Å². The first-order valence-electron chi connectivity index (χ1n) is 11.9. The van der Waals surface area contributed by atoms with Crippen LogP contribution in [0.2, 0.25) is 0 Å². The second kappa shape index (κ2) is 9.49. The number of fused-ring (bicyclic) bond motifs is 1. The Bertz CT molecular complexity index is 1380. The van der Waals surface area contributed by atoms with Crippen LogP contribution in [0.3, 0.4) is 0 Å². The third-order valence-corrected chi connectivity index (χ3v) is 8.02. The van der Waals surface area contributed by atoms with Gasteiger partial charge in [-0.3, -0.25) is 9.48 Å². The molecule has 0 unspecified atom stereocenters. The van der Waals surface area contributed by atoms with Crippen LogP contribution >= 0.6 is 23.6 Å². The number of nitrogens with zero attached hydrogens (tertiary/aromatic N) is 2. The number of thiophene rings is 1. The van der Waals surface area contributed by atoms with Gasteiger partial charge in [-0.25, -0.2) is 9.48 Å². The Morgan fingerprint density at radius 3 is 2.50 bits per heavy atom. The van der Waals surface area contributed by atoms with Crippen LogP contribution < -0.4 is 21.5 Å². The lowest BCUT2D eigenvalue weighted by Crippen LogP contribution is -2.55. The number of hydrogen-bond acceptors (Lipinski definition) is 6. The second-order valence-corrected chi connectivity index (χ2v) is 11.6. The van der Waals surface area contributed by atoms with Gasteiger partial charge in [0.15, 0.2) is 5.11 Å². The minimum Gasteiger partial charge on any atom is -0.462 e. The van der Waals surface area contributed by atoms with E-state index in [0.29, 0.717) is 22.7 Å². The molecule has 0 atom stereocenters. The van der Waals surface area contributed by atoms with Gasteiger partial charge in [0.1, 0.15) is 10.7 Å². The summed E-state index contributed by atoms with van der Waals surface area (Å²) in [5.41, 5.74) is 2.60. The van der Waals surface area contributed by atoms with Gasteiger partial charge in [-0.05, 0) is 77.9 Å². The maximum atomic E-state index is 13.3. The summed E-state index contributed by atoms with van der Waals surface area (Å²) >= 11 is 7.11. The minimum atomic E-state index is -0.379. The number of thiocarbonyl (C=S) groups is 1. The molecule has 36 heavy (non-hydrogen) atoms. The summed E-state index contributed by atoms with van der Waals surface area (Å²) in [7, 11) is 1.83. The molecule has 0 aliphatic carbocycles. The first-order valence-corrected chi connectivity index (χ1v) is 13.1. The van der Waals surface area contributed by atoms with Crippen LogP contribution in [0, 0.1) is 6.92 Å².